The molecule has 0 bridgehead atoms. The first kappa shape index (κ1) is 68.8. The van der Waals surface area contributed by atoms with Crippen LogP contribution in [0.25, 0.3) is 10.9 Å². The standard InChI is InChI=1S/C11H12N2O2.3C6H13NO2.C5H9NO4.C4H8N2O3.C2H5NO2/c12-9(11(14)15)5-7-6-13-10-4-2-1-3-8(7)10;3*1-3-4(2)5(7)6(8)9;6-3(5(9)10)1-2-4(7)8;5-2(4(8)9)1-3(6)7;3-1-2(4)5/h1-4,6,9,13H,5,12H2,(H,14,15);3*4-5H,3,7H2,1-2H3,(H,8,9);3H,1-2,6H2,(H,7,8)(H,9,10);2H,1,5H2,(H2,6,7)(H,8,9);1,3H2,(H,4,5). The van der Waals surface area contributed by atoms with Crippen molar-refractivity contribution in [3.8, 4) is 0 Å². The molecule has 2 aromatic rings. The van der Waals surface area contributed by atoms with Crippen LogP contribution in [0.5, 0.6) is 0 Å². The first-order valence-electron chi connectivity index (χ1n) is 20.2. The highest BCUT2D eigenvalue weighted by atomic mass is 16.4. The Morgan fingerprint density at radius 3 is 1.14 bits per heavy atom. The second-order valence-electron chi connectivity index (χ2n) is 14.3. The van der Waals surface area contributed by atoms with Crippen LogP contribution in [-0.4, -0.2) is 142 Å². The molecule has 0 radical (unpaired) electrons. The monoisotopic (exact) mass is 952 g/mol. The predicted octanol–water partition coefficient (Wildman–Crippen LogP) is -0.978. The van der Waals surface area contributed by atoms with E-state index in [1.165, 1.54) is 0 Å². The van der Waals surface area contributed by atoms with Crippen LogP contribution in [-0.2, 0) is 49.6 Å². The average molecular weight is 952 g/mol. The molecule has 9 atom stereocenters. The molecule has 26 heteroatoms. The zero-order valence-electron chi connectivity index (χ0n) is 38.1. The predicted molar refractivity (Wildman–Crippen MR) is 241 cm³/mol. The molecule has 1 amide bonds. The van der Waals surface area contributed by atoms with E-state index < -0.39 is 89.9 Å². The lowest BCUT2D eigenvalue weighted by atomic mass is 10.0. The largest absolute Gasteiger partial charge is 0.481 e. The SMILES string of the molecule is CCC(C)C(N)C(=O)O.CCC(C)C(N)C(=O)O.CCC(C)C(N)C(=O)O.NC(=O)CC(N)C(=O)O.NC(CCC(=O)O)C(=O)O.NC(Cc1c[nH]c2ccccc12)C(=O)O.NCC(=O)O. The van der Waals surface area contributed by atoms with Gasteiger partial charge in [-0.25, -0.2) is 0 Å². The third kappa shape index (κ3) is 37.1. The summed E-state index contributed by atoms with van der Waals surface area (Å²) in [5.74, 6) is -8.58. The number of rotatable bonds is 20. The average Bonchev–Trinajstić information content (AvgIpc) is 3.66. The van der Waals surface area contributed by atoms with Crippen LogP contribution in [0.1, 0.15) is 85.6 Å². The van der Waals surface area contributed by atoms with Crippen LogP contribution >= 0.6 is 0 Å². The number of carboxylic acid groups (broad SMARTS) is 8. The van der Waals surface area contributed by atoms with Crippen molar-refractivity contribution in [2.75, 3.05) is 6.54 Å². The summed E-state index contributed by atoms with van der Waals surface area (Å²) in [5.41, 5.74) is 42.4. The number of carbonyl (C=O) groups excluding carboxylic acids is 1. The maximum atomic E-state index is 10.6. The van der Waals surface area contributed by atoms with Gasteiger partial charge in [-0.3, -0.25) is 43.2 Å². The summed E-state index contributed by atoms with van der Waals surface area (Å²) in [4.78, 5) is 93.2. The second kappa shape index (κ2) is 39.1. The third-order valence-corrected chi connectivity index (χ3v) is 8.96. The number of hydrogen-bond acceptors (Lipinski definition) is 16. The molecule has 380 valence electrons. The smallest absolute Gasteiger partial charge is 0.321 e. The summed E-state index contributed by atoms with van der Waals surface area (Å²) in [5, 5.41) is 66.8. The van der Waals surface area contributed by atoms with Gasteiger partial charge < -0.3 is 91.7 Å². The normalized spacial score (nSPS) is 14.0. The summed E-state index contributed by atoms with van der Waals surface area (Å²) in [6, 6.07) is 2.59. The summed E-state index contributed by atoms with van der Waals surface area (Å²) in [6.07, 6.45) is 4.06. The van der Waals surface area contributed by atoms with E-state index in [0.717, 1.165) is 35.7 Å². The fraction of sp³-hybridized carbons (Fsp3) is 0.575. The van der Waals surface area contributed by atoms with Gasteiger partial charge in [0.1, 0.15) is 36.3 Å². The quantitative estimate of drug-likeness (QED) is 0.0758. The maximum Gasteiger partial charge on any atom is 0.321 e. The van der Waals surface area contributed by atoms with Gasteiger partial charge in [-0.2, -0.15) is 0 Å². The molecule has 1 aromatic heterocycles. The molecule has 1 heterocycles. The van der Waals surface area contributed by atoms with Gasteiger partial charge in [-0.05, 0) is 35.8 Å². The van der Waals surface area contributed by atoms with Gasteiger partial charge in [0, 0.05) is 29.9 Å². The summed E-state index contributed by atoms with van der Waals surface area (Å²) < 4.78 is 0. The zero-order chi connectivity index (χ0) is 53.0. The molecule has 0 spiro atoms. The van der Waals surface area contributed by atoms with Crippen molar-refractivity contribution in [3.63, 3.8) is 0 Å². The van der Waals surface area contributed by atoms with Gasteiger partial charge in [-0.1, -0.05) is 79.0 Å². The number of aliphatic carboxylic acids is 8. The zero-order valence-corrected chi connectivity index (χ0v) is 38.1. The highest BCUT2D eigenvalue weighted by Gasteiger charge is 2.19. The molecule has 0 aliphatic carbocycles. The number of benzene rings is 1. The number of nitrogens with two attached hydrogens (primary N) is 8. The number of fused-ring (bicyclic) bond motifs is 1. The Bertz CT molecular complexity index is 1700. The van der Waals surface area contributed by atoms with E-state index in [-0.39, 0.29) is 43.6 Å². The Kier molecular flexibility index (Phi) is 40.7. The first-order chi connectivity index (χ1) is 30.3. The van der Waals surface area contributed by atoms with Crippen molar-refractivity contribution in [3.05, 3.63) is 36.0 Å². The van der Waals surface area contributed by atoms with Crippen LogP contribution in [0.3, 0.4) is 0 Å². The van der Waals surface area contributed by atoms with Crippen molar-refractivity contribution in [2.24, 2.45) is 63.6 Å². The molecule has 2 rings (SSSR count). The van der Waals surface area contributed by atoms with E-state index in [1.807, 2.05) is 72.0 Å². The van der Waals surface area contributed by atoms with E-state index in [0.29, 0.717) is 6.42 Å². The minimum atomic E-state index is -1.21. The molecule has 0 saturated carbocycles. The van der Waals surface area contributed by atoms with E-state index in [2.05, 4.69) is 16.5 Å². The lowest BCUT2D eigenvalue weighted by molar-refractivity contribution is -0.141. The van der Waals surface area contributed by atoms with Gasteiger partial charge >= 0.3 is 47.8 Å². The number of primary amides is 1. The fourth-order valence-electron chi connectivity index (χ4n) is 3.82. The number of hydrogen-bond donors (Lipinski definition) is 17. The number of carbonyl (C=O) groups is 9. The number of nitrogens with one attached hydrogen (secondary N) is 1. The van der Waals surface area contributed by atoms with Gasteiger partial charge in [-0.15, -0.1) is 0 Å². The van der Waals surface area contributed by atoms with Gasteiger partial charge in [0.25, 0.3) is 0 Å². The topological polar surface area (TPSA) is 539 Å². The Morgan fingerprint density at radius 2 is 0.894 bits per heavy atom. The van der Waals surface area contributed by atoms with Crippen LogP contribution in [0.15, 0.2) is 30.5 Å². The number of aromatic amines is 1. The van der Waals surface area contributed by atoms with Crippen LogP contribution in [0.4, 0.5) is 0 Å². The van der Waals surface area contributed by atoms with E-state index in [1.54, 1.807) is 0 Å². The van der Waals surface area contributed by atoms with E-state index in [9.17, 15) is 43.2 Å². The van der Waals surface area contributed by atoms with Crippen LogP contribution < -0.4 is 45.9 Å². The lowest BCUT2D eigenvalue weighted by Gasteiger charge is -2.11. The number of amides is 1. The Balaban J connectivity index is -0.000000224. The van der Waals surface area contributed by atoms with Gasteiger partial charge in [0.15, 0.2) is 0 Å². The lowest BCUT2D eigenvalue weighted by Crippen LogP contribution is -2.36. The molecular weight excluding hydrogens is 878 g/mol. The third-order valence-electron chi connectivity index (χ3n) is 8.96. The molecule has 9 unspecified atom stereocenters. The van der Waals surface area contributed by atoms with Gasteiger partial charge in [0.2, 0.25) is 5.91 Å². The van der Waals surface area contributed by atoms with Crippen molar-refractivity contribution in [2.45, 2.75) is 123 Å². The van der Waals surface area contributed by atoms with Crippen LogP contribution in [0, 0.1) is 17.8 Å². The molecular formula is C40H73N9O17. The first-order valence-corrected chi connectivity index (χ1v) is 20.2. The van der Waals surface area contributed by atoms with E-state index in [4.69, 9.17) is 75.3 Å². The minimum absolute atomic E-state index is 0.0231. The number of para-hydroxylation sites is 1. The molecule has 0 saturated heterocycles. The molecule has 0 fully saturated rings. The molecule has 25 N–H and O–H groups in total. The Labute approximate surface area is 382 Å². The van der Waals surface area contributed by atoms with Crippen molar-refractivity contribution in [1.82, 2.24) is 4.98 Å². The number of H-pyrrole nitrogens is 1. The summed E-state index contributed by atoms with van der Waals surface area (Å²) in [7, 11) is 0. The molecule has 26 nitrogen and oxygen atoms in total. The number of aromatic nitrogens is 1. The van der Waals surface area contributed by atoms with E-state index >= 15 is 0 Å². The molecule has 0 aliphatic heterocycles. The highest BCUT2D eigenvalue weighted by Crippen LogP contribution is 2.18. The summed E-state index contributed by atoms with van der Waals surface area (Å²) >= 11 is 0. The highest BCUT2D eigenvalue weighted by molar-refractivity contribution is 5.84. The fourth-order valence-corrected chi connectivity index (χ4v) is 3.82. The second-order valence-corrected chi connectivity index (χ2v) is 14.3. The molecule has 66 heavy (non-hydrogen) atoms. The Hall–Kier alpha value is -6.29. The van der Waals surface area contributed by atoms with Crippen molar-refractivity contribution in [1.29, 1.82) is 0 Å². The summed E-state index contributed by atoms with van der Waals surface area (Å²) in [6.45, 7) is 11.0. The van der Waals surface area contributed by atoms with Crippen LogP contribution in [0.2, 0.25) is 0 Å². The van der Waals surface area contributed by atoms with Gasteiger partial charge in [0.05, 0.1) is 13.0 Å². The van der Waals surface area contributed by atoms with Crippen molar-refractivity contribution >= 4 is 64.6 Å². The maximum absolute atomic E-state index is 10.6. The molecule has 1 aromatic carbocycles. The number of carboxylic acids is 8. The Morgan fingerprint density at radius 1 is 0.545 bits per heavy atom. The molecule has 0 aliphatic rings. The minimum Gasteiger partial charge on any atom is -0.481 e. The van der Waals surface area contributed by atoms with Crippen molar-refractivity contribution < 1.29 is 84.0 Å².